The van der Waals surface area contributed by atoms with Gasteiger partial charge in [-0.1, -0.05) is 30.3 Å². The van der Waals surface area contributed by atoms with Crippen LogP contribution in [0.3, 0.4) is 0 Å². The molecule has 1 heterocycles. The largest absolute Gasteiger partial charge is 0.490 e. The number of benzene rings is 3. The van der Waals surface area contributed by atoms with E-state index in [1.807, 2.05) is 30.3 Å². The minimum atomic E-state index is -4.43. The van der Waals surface area contributed by atoms with E-state index in [4.69, 9.17) is 4.74 Å². The number of piperidine rings is 1. The molecule has 1 amide bonds. The number of hydrogen-bond acceptors (Lipinski definition) is 3. The van der Waals surface area contributed by atoms with Crippen molar-refractivity contribution in [2.75, 3.05) is 25.5 Å². The average Bonchev–Trinajstić information content (AvgIpc) is 2.81. The molecule has 0 aliphatic carbocycles. The molecule has 0 spiro atoms. The highest BCUT2D eigenvalue weighted by atomic mass is 19.4. The third-order valence-electron chi connectivity index (χ3n) is 5.88. The zero-order chi connectivity index (χ0) is 23.4. The van der Waals surface area contributed by atoms with Gasteiger partial charge in [-0.05, 0) is 78.5 Å². The quantitative estimate of drug-likeness (QED) is 0.459. The molecule has 0 atom stereocenters. The Kier molecular flexibility index (Phi) is 6.70. The van der Waals surface area contributed by atoms with Crippen LogP contribution in [0, 0.1) is 0 Å². The Morgan fingerprint density at radius 3 is 2.33 bits per heavy atom. The third kappa shape index (κ3) is 5.54. The number of anilines is 1. The van der Waals surface area contributed by atoms with Gasteiger partial charge in [0.2, 0.25) is 6.41 Å². The Balaban J connectivity index is 1.73. The molecule has 0 saturated carbocycles. The van der Waals surface area contributed by atoms with E-state index in [-0.39, 0.29) is 6.10 Å². The van der Waals surface area contributed by atoms with Gasteiger partial charge in [-0.3, -0.25) is 4.79 Å². The number of carbonyl (C=O) groups excluding carboxylic acids is 1. The van der Waals surface area contributed by atoms with Gasteiger partial charge < -0.3 is 15.0 Å². The predicted octanol–water partition coefficient (Wildman–Crippen LogP) is 6.08. The highest BCUT2D eigenvalue weighted by Gasteiger charge is 2.30. The predicted molar refractivity (Wildman–Crippen MR) is 123 cm³/mol. The van der Waals surface area contributed by atoms with Gasteiger partial charge in [-0.25, -0.2) is 0 Å². The number of amides is 1. The van der Waals surface area contributed by atoms with Gasteiger partial charge in [0.15, 0.2) is 0 Å². The number of hydrogen-bond donors (Lipinski definition) is 1. The van der Waals surface area contributed by atoms with Gasteiger partial charge in [-0.2, -0.15) is 13.2 Å². The van der Waals surface area contributed by atoms with Gasteiger partial charge in [0.1, 0.15) is 11.9 Å². The van der Waals surface area contributed by atoms with Crippen LogP contribution in [0.15, 0.2) is 66.7 Å². The Bertz CT molecular complexity index is 1110. The molecule has 172 valence electrons. The first-order valence-corrected chi connectivity index (χ1v) is 10.8. The molecule has 0 aromatic heterocycles. The van der Waals surface area contributed by atoms with Crippen LogP contribution in [0.1, 0.15) is 18.4 Å². The molecule has 1 saturated heterocycles. The van der Waals surface area contributed by atoms with Crippen LogP contribution in [0.2, 0.25) is 0 Å². The molecule has 1 aliphatic rings. The van der Waals surface area contributed by atoms with Crippen LogP contribution in [0.4, 0.5) is 18.9 Å². The summed E-state index contributed by atoms with van der Waals surface area (Å²) in [5.41, 5.74) is 2.66. The highest BCUT2D eigenvalue weighted by molar-refractivity contribution is 5.85. The molecule has 1 aliphatic heterocycles. The lowest BCUT2D eigenvalue weighted by atomic mass is 9.93. The molecule has 3 aromatic carbocycles. The van der Waals surface area contributed by atoms with E-state index in [1.165, 1.54) is 12.1 Å². The fraction of sp³-hybridized carbons (Fsp3) is 0.269. The standard InChI is InChI=1S/C26H25F3N2O2/c1-31-13-11-22(12-14-31)33-23-9-10-24(18-5-7-21(8-6-18)30-17-32)25(16-23)19-3-2-4-20(15-19)26(27,28)29/h2-10,15-17,22H,11-14H2,1H3,(H,30,32). The monoisotopic (exact) mass is 454 g/mol. The highest BCUT2D eigenvalue weighted by Crippen LogP contribution is 2.38. The van der Waals surface area contributed by atoms with Gasteiger partial charge in [0.25, 0.3) is 0 Å². The number of rotatable bonds is 6. The minimum Gasteiger partial charge on any atom is -0.490 e. The fourth-order valence-electron chi connectivity index (χ4n) is 4.06. The second kappa shape index (κ2) is 9.67. The van der Waals surface area contributed by atoms with Crippen molar-refractivity contribution in [2.24, 2.45) is 0 Å². The maximum absolute atomic E-state index is 13.4. The minimum absolute atomic E-state index is 0.0788. The number of alkyl halides is 3. The molecule has 0 bridgehead atoms. The number of ether oxygens (including phenoxy) is 1. The van der Waals surface area contributed by atoms with Crippen LogP contribution in [-0.4, -0.2) is 37.6 Å². The summed E-state index contributed by atoms with van der Waals surface area (Å²) in [7, 11) is 2.08. The lowest BCUT2D eigenvalue weighted by Gasteiger charge is -2.29. The first-order chi connectivity index (χ1) is 15.8. The smallest absolute Gasteiger partial charge is 0.416 e. The lowest BCUT2D eigenvalue weighted by Crippen LogP contribution is -2.35. The Labute approximate surface area is 191 Å². The number of carbonyl (C=O) groups is 1. The van der Waals surface area contributed by atoms with Crippen molar-refractivity contribution in [3.63, 3.8) is 0 Å². The summed E-state index contributed by atoms with van der Waals surface area (Å²) >= 11 is 0. The zero-order valence-corrected chi connectivity index (χ0v) is 18.2. The molecular formula is C26H25F3N2O2. The van der Waals surface area contributed by atoms with Crippen LogP contribution in [0.5, 0.6) is 5.75 Å². The SMILES string of the molecule is CN1CCC(Oc2ccc(-c3ccc(NC=O)cc3)c(-c3cccc(C(F)(F)F)c3)c2)CC1. The molecule has 4 rings (SSSR count). The Hall–Kier alpha value is -3.32. The van der Waals surface area contributed by atoms with E-state index < -0.39 is 11.7 Å². The molecule has 4 nitrogen and oxygen atoms in total. The van der Waals surface area contributed by atoms with Crippen molar-refractivity contribution < 1.29 is 22.7 Å². The Morgan fingerprint density at radius 2 is 1.67 bits per heavy atom. The maximum atomic E-state index is 13.4. The van der Waals surface area contributed by atoms with Gasteiger partial charge >= 0.3 is 6.18 Å². The number of nitrogens with zero attached hydrogens (tertiary/aromatic N) is 1. The molecule has 7 heteroatoms. The van der Waals surface area contributed by atoms with Crippen LogP contribution < -0.4 is 10.1 Å². The number of nitrogens with one attached hydrogen (secondary N) is 1. The second-order valence-electron chi connectivity index (χ2n) is 8.25. The first kappa shape index (κ1) is 22.9. The van der Waals surface area contributed by atoms with E-state index in [1.54, 1.807) is 18.2 Å². The van der Waals surface area contributed by atoms with Crippen LogP contribution in [-0.2, 0) is 11.0 Å². The normalized spacial score (nSPS) is 15.3. The fourth-order valence-corrected chi connectivity index (χ4v) is 4.06. The van der Waals surface area contributed by atoms with E-state index in [2.05, 4.69) is 17.3 Å². The second-order valence-corrected chi connectivity index (χ2v) is 8.25. The van der Waals surface area contributed by atoms with Crippen LogP contribution >= 0.6 is 0 Å². The lowest BCUT2D eigenvalue weighted by molar-refractivity contribution is -0.137. The third-order valence-corrected chi connectivity index (χ3v) is 5.88. The van der Waals surface area contributed by atoms with E-state index >= 15 is 0 Å². The molecule has 0 radical (unpaired) electrons. The molecule has 1 N–H and O–H groups in total. The van der Waals surface area contributed by atoms with Gasteiger partial charge in [0.05, 0.1) is 5.56 Å². The van der Waals surface area contributed by atoms with Crippen molar-refractivity contribution in [3.05, 3.63) is 72.3 Å². The van der Waals surface area contributed by atoms with Gasteiger partial charge in [-0.15, -0.1) is 0 Å². The van der Waals surface area contributed by atoms with Crippen molar-refractivity contribution in [1.82, 2.24) is 4.90 Å². The van der Waals surface area contributed by atoms with Crippen LogP contribution in [0.25, 0.3) is 22.3 Å². The molecular weight excluding hydrogens is 429 g/mol. The maximum Gasteiger partial charge on any atom is 0.416 e. The first-order valence-electron chi connectivity index (χ1n) is 10.8. The van der Waals surface area contributed by atoms with Crippen molar-refractivity contribution in [2.45, 2.75) is 25.1 Å². The van der Waals surface area contributed by atoms with E-state index in [0.717, 1.165) is 43.1 Å². The summed E-state index contributed by atoms with van der Waals surface area (Å²) < 4.78 is 46.3. The van der Waals surface area contributed by atoms with Crippen molar-refractivity contribution in [1.29, 1.82) is 0 Å². The summed E-state index contributed by atoms with van der Waals surface area (Å²) in [4.78, 5) is 12.9. The average molecular weight is 454 g/mol. The molecule has 1 fully saturated rings. The topological polar surface area (TPSA) is 41.6 Å². The van der Waals surface area contributed by atoms with E-state index in [0.29, 0.717) is 29.0 Å². The number of halogens is 3. The summed E-state index contributed by atoms with van der Waals surface area (Å²) in [6.45, 7) is 1.90. The summed E-state index contributed by atoms with van der Waals surface area (Å²) in [6, 6.07) is 18.1. The molecule has 0 unspecified atom stereocenters. The zero-order valence-electron chi connectivity index (χ0n) is 18.2. The Morgan fingerprint density at radius 1 is 0.939 bits per heavy atom. The van der Waals surface area contributed by atoms with Crippen molar-refractivity contribution >= 4 is 12.1 Å². The van der Waals surface area contributed by atoms with Crippen molar-refractivity contribution in [3.8, 4) is 28.0 Å². The summed E-state index contributed by atoms with van der Waals surface area (Å²) in [5, 5.41) is 2.59. The molecule has 3 aromatic rings. The molecule has 33 heavy (non-hydrogen) atoms. The summed E-state index contributed by atoms with van der Waals surface area (Å²) in [6.07, 6.45) is -1.95. The van der Waals surface area contributed by atoms with Gasteiger partial charge in [0, 0.05) is 18.8 Å². The summed E-state index contributed by atoms with van der Waals surface area (Å²) in [5.74, 6) is 0.639. The number of likely N-dealkylation sites (tertiary alicyclic amines) is 1. The van der Waals surface area contributed by atoms with E-state index in [9.17, 15) is 18.0 Å².